The number of aryl methyl sites for hydroxylation is 2. The molecule has 0 fully saturated rings. The molecule has 1 N–H and O–H groups in total. The molecule has 1 heterocycles. The van der Waals surface area contributed by atoms with Crippen LogP contribution in [0.3, 0.4) is 0 Å². The molecule has 0 saturated heterocycles. The van der Waals surface area contributed by atoms with E-state index in [4.69, 9.17) is 4.74 Å². The van der Waals surface area contributed by atoms with Gasteiger partial charge >= 0.3 is 6.18 Å². The van der Waals surface area contributed by atoms with Crippen molar-refractivity contribution in [3.8, 4) is 5.88 Å². The molecule has 0 spiro atoms. The van der Waals surface area contributed by atoms with Gasteiger partial charge in [-0.2, -0.15) is 13.2 Å². The highest BCUT2D eigenvalue weighted by molar-refractivity contribution is 6.02. The molecular formula is C22H20F4N2O2. The summed E-state index contributed by atoms with van der Waals surface area (Å²) in [5, 5.41) is 3.11. The maximum absolute atomic E-state index is 13.7. The van der Waals surface area contributed by atoms with Crippen molar-refractivity contribution in [1.29, 1.82) is 0 Å². The zero-order valence-corrected chi connectivity index (χ0v) is 16.7. The molecule has 0 unspecified atom stereocenters. The maximum Gasteiger partial charge on any atom is 0.416 e. The molecule has 8 heteroatoms. The topological polar surface area (TPSA) is 51.2 Å². The first-order valence-corrected chi connectivity index (χ1v) is 9.29. The van der Waals surface area contributed by atoms with Crippen molar-refractivity contribution in [2.75, 3.05) is 6.61 Å². The number of fused-ring (bicyclic) bond motifs is 1. The van der Waals surface area contributed by atoms with E-state index in [1.165, 1.54) is 12.1 Å². The van der Waals surface area contributed by atoms with Crippen LogP contribution in [0.25, 0.3) is 10.9 Å². The molecule has 0 aliphatic heterocycles. The number of alkyl halides is 3. The van der Waals surface area contributed by atoms with E-state index < -0.39 is 17.6 Å². The molecule has 3 aromatic rings. The van der Waals surface area contributed by atoms with Crippen molar-refractivity contribution in [3.63, 3.8) is 0 Å². The van der Waals surface area contributed by atoms with Crippen molar-refractivity contribution in [2.45, 2.75) is 33.5 Å². The van der Waals surface area contributed by atoms with E-state index >= 15 is 0 Å². The second-order valence-corrected chi connectivity index (χ2v) is 6.85. The third-order valence-corrected chi connectivity index (χ3v) is 4.74. The number of nitrogens with zero attached hydrogens (tertiary/aromatic N) is 1. The lowest BCUT2D eigenvalue weighted by atomic mass is 10.0. The van der Waals surface area contributed by atoms with E-state index in [9.17, 15) is 22.4 Å². The zero-order valence-electron chi connectivity index (χ0n) is 16.7. The van der Waals surface area contributed by atoms with E-state index in [-0.39, 0.29) is 35.9 Å². The number of hydrogen-bond acceptors (Lipinski definition) is 3. The fourth-order valence-corrected chi connectivity index (χ4v) is 3.10. The van der Waals surface area contributed by atoms with Gasteiger partial charge < -0.3 is 10.1 Å². The number of halogens is 4. The Morgan fingerprint density at radius 1 is 1.13 bits per heavy atom. The minimum Gasteiger partial charge on any atom is -0.477 e. The number of nitrogens with one attached hydrogen (secondary N) is 1. The van der Waals surface area contributed by atoms with Crippen molar-refractivity contribution < 1.29 is 27.1 Å². The Kier molecular flexibility index (Phi) is 5.96. The molecule has 0 radical (unpaired) electrons. The summed E-state index contributed by atoms with van der Waals surface area (Å²) in [6.07, 6.45) is -4.51. The molecule has 0 aliphatic carbocycles. The molecule has 0 bridgehead atoms. The fourth-order valence-electron chi connectivity index (χ4n) is 3.10. The highest BCUT2D eigenvalue weighted by Gasteiger charge is 2.31. The summed E-state index contributed by atoms with van der Waals surface area (Å²) in [6.45, 7) is 5.21. The number of aromatic nitrogens is 1. The summed E-state index contributed by atoms with van der Waals surface area (Å²) in [6, 6.07) is 7.83. The molecule has 158 valence electrons. The lowest BCUT2D eigenvalue weighted by Gasteiger charge is -2.16. The van der Waals surface area contributed by atoms with Gasteiger partial charge in [0, 0.05) is 11.9 Å². The predicted octanol–water partition coefficient (Wildman–Crippen LogP) is 5.34. The highest BCUT2D eigenvalue weighted by Crippen LogP contribution is 2.34. The summed E-state index contributed by atoms with van der Waals surface area (Å²) in [5.74, 6) is -0.929. The number of carbonyl (C=O) groups is 1. The quantitative estimate of drug-likeness (QED) is 0.567. The Morgan fingerprint density at radius 3 is 2.50 bits per heavy atom. The third kappa shape index (κ3) is 4.37. The van der Waals surface area contributed by atoms with Gasteiger partial charge in [0.1, 0.15) is 11.4 Å². The maximum atomic E-state index is 13.7. The van der Waals surface area contributed by atoms with Gasteiger partial charge in [0.15, 0.2) is 0 Å². The molecule has 0 aliphatic rings. The molecule has 30 heavy (non-hydrogen) atoms. The summed E-state index contributed by atoms with van der Waals surface area (Å²) in [5.41, 5.74) is 0.912. The van der Waals surface area contributed by atoms with Gasteiger partial charge in [-0.25, -0.2) is 9.37 Å². The number of amides is 1. The van der Waals surface area contributed by atoms with Crippen LogP contribution in [0, 0.1) is 19.7 Å². The SMILES string of the molecule is CCOc1nc2cc(C(F)(F)F)ccc2c(C)c1C(=O)NCc1ccc(C)c(F)c1. The molecule has 4 nitrogen and oxygen atoms in total. The van der Waals surface area contributed by atoms with E-state index in [0.29, 0.717) is 22.1 Å². The van der Waals surface area contributed by atoms with Crippen LogP contribution in [0.5, 0.6) is 5.88 Å². The summed E-state index contributed by atoms with van der Waals surface area (Å²) >= 11 is 0. The Labute approximate surface area is 170 Å². The Hall–Kier alpha value is -3.16. The minimum atomic E-state index is -4.51. The lowest BCUT2D eigenvalue weighted by molar-refractivity contribution is -0.137. The average Bonchev–Trinajstić information content (AvgIpc) is 2.68. The first-order chi connectivity index (χ1) is 14.1. The second kappa shape index (κ2) is 8.30. The van der Waals surface area contributed by atoms with E-state index in [2.05, 4.69) is 10.3 Å². The van der Waals surface area contributed by atoms with Crippen molar-refractivity contribution >= 4 is 16.8 Å². The second-order valence-electron chi connectivity index (χ2n) is 6.85. The number of rotatable bonds is 5. The number of ether oxygens (including phenoxy) is 1. The molecule has 3 rings (SSSR count). The molecule has 0 atom stereocenters. The van der Waals surface area contributed by atoms with Crippen molar-refractivity contribution in [3.05, 3.63) is 70.0 Å². The molecular weight excluding hydrogens is 400 g/mol. The van der Waals surface area contributed by atoms with E-state index in [1.807, 2.05) is 0 Å². The lowest BCUT2D eigenvalue weighted by Crippen LogP contribution is -2.25. The standard InChI is InChI=1S/C22H20F4N2O2/c1-4-30-21-19(20(29)27-11-14-6-5-12(2)17(23)9-14)13(3)16-8-7-15(22(24,25)26)10-18(16)28-21/h5-10H,4,11H2,1-3H3,(H,27,29). The van der Waals surface area contributed by atoms with Gasteiger partial charge in [-0.3, -0.25) is 4.79 Å². The van der Waals surface area contributed by atoms with Gasteiger partial charge in [0.05, 0.1) is 17.7 Å². The van der Waals surface area contributed by atoms with Crippen molar-refractivity contribution in [1.82, 2.24) is 10.3 Å². The summed E-state index contributed by atoms with van der Waals surface area (Å²) in [4.78, 5) is 17.0. The van der Waals surface area contributed by atoms with Crippen molar-refractivity contribution in [2.24, 2.45) is 0 Å². The first kappa shape index (κ1) is 21.5. The van der Waals surface area contributed by atoms with Gasteiger partial charge in [-0.05, 0) is 55.7 Å². The smallest absolute Gasteiger partial charge is 0.416 e. The minimum absolute atomic E-state index is 0.0468. The highest BCUT2D eigenvalue weighted by atomic mass is 19.4. The number of pyridine rings is 1. The van der Waals surface area contributed by atoms with Crippen LogP contribution in [-0.4, -0.2) is 17.5 Å². The van der Waals surface area contributed by atoms with Crippen LogP contribution >= 0.6 is 0 Å². The van der Waals surface area contributed by atoms with Crippen LogP contribution in [0.1, 0.15) is 39.5 Å². The van der Waals surface area contributed by atoms with Crippen LogP contribution in [0.15, 0.2) is 36.4 Å². The number of carbonyl (C=O) groups excluding carboxylic acids is 1. The normalized spacial score (nSPS) is 11.6. The molecule has 1 aromatic heterocycles. The largest absolute Gasteiger partial charge is 0.477 e. The Bertz CT molecular complexity index is 1110. The van der Waals surface area contributed by atoms with Gasteiger partial charge in [0.2, 0.25) is 5.88 Å². The Balaban J connectivity index is 1.98. The third-order valence-electron chi connectivity index (χ3n) is 4.74. The predicted molar refractivity (Wildman–Crippen MR) is 105 cm³/mol. The Morgan fingerprint density at radius 2 is 1.87 bits per heavy atom. The fraction of sp³-hybridized carbons (Fsp3) is 0.273. The summed E-state index contributed by atoms with van der Waals surface area (Å²) < 4.78 is 58.3. The molecule has 1 amide bonds. The van der Waals surface area contributed by atoms with Gasteiger partial charge in [0.25, 0.3) is 5.91 Å². The van der Waals surface area contributed by atoms with Crippen LogP contribution < -0.4 is 10.1 Å². The summed E-state index contributed by atoms with van der Waals surface area (Å²) in [7, 11) is 0. The van der Waals surface area contributed by atoms with Gasteiger partial charge in [-0.15, -0.1) is 0 Å². The van der Waals surface area contributed by atoms with Crippen LogP contribution in [-0.2, 0) is 12.7 Å². The molecule has 2 aromatic carbocycles. The van der Waals surface area contributed by atoms with Gasteiger partial charge in [-0.1, -0.05) is 18.2 Å². The van der Waals surface area contributed by atoms with E-state index in [0.717, 1.165) is 12.1 Å². The van der Waals surface area contributed by atoms with Crippen LogP contribution in [0.4, 0.5) is 17.6 Å². The molecule has 0 saturated carbocycles. The average molecular weight is 420 g/mol. The first-order valence-electron chi connectivity index (χ1n) is 9.29. The zero-order chi connectivity index (χ0) is 22.1. The number of benzene rings is 2. The van der Waals surface area contributed by atoms with E-state index in [1.54, 1.807) is 32.9 Å². The van der Waals surface area contributed by atoms with Crippen LogP contribution in [0.2, 0.25) is 0 Å². The number of hydrogen-bond donors (Lipinski definition) is 1. The monoisotopic (exact) mass is 420 g/mol.